The Morgan fingerprint density at radius 1 is 1.17 bits per heavy atom. The van der Waals surface area contributed by atoms with Gasteiger partial charge in [0.2, 0.25) is 0 Å². The topological polar surface area (TPSA) is 59.3 Å². The van der Waals surface area contributed by atoms with Crippen LogP contribution in [0.1, 0.15) is 21.6 Å². The lowest BCUT2D eigenvalue weighted by Crippen LogP contribution is -2.26. The van der Waals surface area contributed by atoms with Crippen LogP contribution in [0.4, 0.5) is 0 Å². The highest BCUT2D eigenvalue weighted by Gasteiger charge is 2.11. The molecule has 0 saturated heterocycles. The van der Waals surface area contributed by atoms with Gasteiger partial charge in [-0.15, -0.1) is 0 Å². The summed E-state index contributed by atoms with van der Waals surface area (Å²) in [5.74, 6) is -1.19. The van der Waals surface area contributed by atoms with Gasteiger partial charge in [0.25, 0.3) is 5.56 Å². The maximum Gasteiger partial charge on any atom is 0.341 e. The molecule has 1 aromatic carbocycles. The van der Waals surface area contributed by atoms with Crippen molar-refractivity contribution in [2.45, 2.75) is 6.42 Å². The maximum absolute atomic E-state index is 11.8. The fourth-order valence-electron chi connectivity index (χ4n) is 1.82. The molecule has 2 rings (SSSR count). The van der Waals surface area contributed by atoms with Crippen LogP contribution in [0.25, 0.3) is 0 Å². The van der Waals surface area contributed by atoms with Gasteiger partial charge in [-0.25, -0.2) is 4.79 Å². The highest BCUT2D eigenvalue weighted by atomic mass is 16.4. The molecule has 4 nitrogen and oxygen atoms in total. The number of carbonyl (C=O) groups is 1. The summed E-state index contributed by atoms with van der Waals surface area (Å²) >= 11 is 0. The fourth-order valence-corrected chi connectivity index (χ4v) is 1.82. The Labute approximate surface area is 104 Å². The second-order valence-corrected chi connectivity index (χ2v) is 4.07. The molecular weight excluding hydrogens is 230 g/mol. The lowest BCUT2D eigenvalue weighted by atomic mass is 10.1. The molecule has 18 heavy (non-hydrogen) atoms. The molecule has 1 heterocycles. The van der Waals surface area contributed by atoms with Gasteiger partial charge >= 0.3 is 5.97 Å². The average molecular weight is 243 g/mol. The Morgan fingerprint density at radius 2 is 1.83 bits per heavy atom. The number of carboxylic acid groups (broad SMARTS) is 1. The van der Waals surface area contributed by atoms with E-state index in [2.05, 4.69) is 0 Å². The van der Waals surface area contributed by atoms with Crippen LogP contribution in [0, 0.1) is 0 Å². The number of aromatic nitrogens is 1. The van der Waals surface area contributed by atoms with E-state index >= 15 is 0 Å². The second-order valence-electron chi connectivity index (χ2n) is 4.07. The van der Waals surface area contributed by atoms with Crippen molar-refractivity contribution in [1.29, 1.82) is 0 Å². The van der Waals surface area contributed by atoms with E-state index in [-0.39, 0.29) is 5.56 Å². The van der Waals surface area contributed by atoms with E-state index in [0.717, 1.165) is 11.3 Å². The van der Waals surface area contributed by atoms with Crippen molar-refractivity contribution in [3.63, 3.8) is 0 Å². The summed E-state index contributed by atoms with van der Waals surface area (Å²) in [6.45, 7) is 0. The minimum absolute atomic E-state index is 0.200. The molecule has 2 aromatic rings. The molecule has 4 heteroatoms. The first-order chi connectivity index (χ1) is 8.59. The summed E-state index contributed by atoms with van der Waals surface area (Å²) < 4.78 is 1.39. The van der Waals surface area contributed by atoms with Crippen LogP contribution in [0.3, 0.4) is 0 Å². The van der Waals surface area contributed by atoms with Crippen LogP contribution in [0.5, 0.6) is 0 Å². The summed E-state index contributed by atoms with van der Waals surface area (Å²) in [5, 5.41) is 8.86. The van der Waals surface area contributed by atoms with Gasteiger partial charge in [0.15, 0.2) is 0 Å². The highest BCUT2D eigenvalue weighted by molar-refractivity contribution is 5.87. The zero-order valence-electron chi connectivity index (χ0n) is 9.96. The molecule has 0 bridgehead atoms. The number of nitrogens with zero attached hydrogens (tertiary/aromatic N) is 1. The smallest absolute Gasteiger partial charge is 0.341 e. The van der Waals surface area contributed by atoms with Crippen LogP contribution < -0.4 is 5.56 Å². The van der Waals surface area contributed by atoms with Gasteiger partial charge in [-0.2, -0.15) is 0 Å². The Hall–Kier alpha value is -2.36. The van der Waals surface area contributed by atoms with Crippen molar-refractivity contribution < 1.29 is 9.90 Å². The first kappa shape index (κ1) is 12.1. The Kier molecular flexibility index (Phi) is 3.28. The van der Waals surface area contributed by atoms with Crippen molar-refractivity contribution >= 4 is 5.97 Å². The normalized spacial score (nSPS) is 10.3. The van der Waals surface area contributed by atoms with Crippen molar-refractivity contribution in [2.24, 2.45) is 7.05 Å². The van der Waals surface area contributed by atoms with Crippen LogP contribution in [-0.2, 0) is 13.5 Å². The molecule has 0 spiro atoms. The maximum atomic E-state index is 11.8. The van der Waals surface area contributed by atoms with E-state index in [0.29, 0.717) is 6.42 Å². The number of aromatic carboxylic acids is 1. The van der Waals surface area contributed by atoms with E-state index in [1.165, 1.54) is 10.6 Å². The molecule has 0 aliphatic heterocycles. The zero-order chi connectivity index (χ0) is 13.1. The first-order valence-electron chi connectivity index (χ1n) is 5.55. The van der Waals surface area contributed by atoms with Crippen molar-refractivity contribution in [3.8, 4) is 0 Å². The summed E-state index contributed by atoms with van der Waals surface area (Å²) in [4.78, 5) is 22.6. The standard InChI is InChI=1S/C14H13NO3/c1-15-11(9-10-5-3-2-4-6-10)7-8-12(13(15)16)14(17)18/h2-8H,9H2,1H3,(H,17,18). The number of benzene rings is 1. The molecule has 0 aliphatic carbocycles. The van der Waals surface area contributed by atoms with E-state index in [1.54, 1.807) is 13.1 Å². The number of rotatable bonds is 3. The Bertz CT molecular complexity index is 629. The third kappa shape index (κ3) is 2.32. The van der Waals surface area contributed by atoms with Gasteiger partial charge in [0, 0.05) is 19.2 Å². The van der Waals surface area contributed by atoms with E-state index in [1.807, 2.05) is 30.3 Å². The van der Waals surface area contributed by atoms with Crippen LogP contribution in [0.15, 0.2) is 47.3 Å². The molecule has 0 saturated carbocycles. The SMILES string of the molecule is Cn1c(Cc2ccccc2)ccc(C(=O)O)c1=O. The predicted molar refractivity (Wildman–Crippen MR) is 67.9 cm³/mol. The van der Waals surface area contributed by atoms with E-state index in [9.17, 15) is 9.59 Å². The molecule has 0 unspecified atom stereocenters. The summed E-state index contributed by atoms with van der Waals surface area (Å²) in [6.07, 6.45) is 0.604. The number of hydrogen-bond donors (Lipinski definition) is 1. The van der Waals surface area contributed by atoms with Gasteiger partial charge in [0.05, 0.1) is 0 Å². The van der Waals surface area contributed by atoms with Gasteiger partial charge in [0.1, 0.15) is 5.56 Å². The summed E-state index contributed by atoms with van der Waals surface area (Å²) in [6, 6.07) is 12.8. The predicted octanol–water partition coefficient (Wildman–Crippen LogP) is 1.67. The average Bonchev–Trinajstić information content (AvgIpc) is 2.36. The third-order valence-electron chi connectivity index (χ3n) is 2.87. The second kappa shape index (κ2) is 4.87. The molecule has 92 valence electrons. The molecule has 1 N–H and O–H groups in total. The Morgan fingerprint density at radius 3 is 2.44 bits per heavy atom. The highest BCUT2D eigenvalue weighted by Crippen LogP contribution is 2.07. The van der Waals surface area contributed by atoms with Crippen molar-refractivity contribution in [1.82, 2.24) is 4.57 Å². The molecule has 0 atom stereocenters. The Balaban J connectivity index is 2.40. The lowest BCUT2D eigenvalue weighted by Gasteiger charge is -2.09. The lowest BCUT2D eigenvalue weighted by molar-refractivity contribution is 0.0694. The molecule has 0 amide bonds. The van der Waals surface area contributed by atoms with Gasteiger partial charge in [-0.3, -0.25) is 4.79 Å². The quantitative estimate of drug-likeness (QED) is 0.892. The van der Waals surface area contributed by atoms with Crippen molar-refractivity contribution in [3.05, 3.63) is 69.6 Å². The summed E-state index contributed by atoms with van der Waals surface area (Å²) in [5.41, 5.74) is 1.19. The minimum Gasteiger partial charge on any atom is -0.477 e. The summed E-state index contributed by atoms with van der Waals surface area (Å²) in [7, 11) is 1.59. The number of hydrogen-bond acceptors (Lipinski definition) is 2. The van der Waals surface area contributed by atoms with Gasteiger partial charge in [-0.1, -0.05) is 30.3 Å². The third-order valence-corrected chi connectivity index (χ3v) is 2.87. The van der Waals surface area contributed by atoms with E-state index in [4.69, 9.17) is 5.11 Å². The minimum atomic E-state index is -1.19. The molecule has 1 aromatic heterocycles. The molecular formula is C14H13NO3. The molecule has 0 aliphatic rings. The largest absolute Gasteiger partial charge is 0.477 e. The van der Waals surface area contributed by atoms with Crippen molar-refractivity contribution in [2.75, 3.05) is 0 Å². The number of carboxylic acids is 1. The fraction of sp³-hybridized carbons (Fsp3) is 0.143. The van der Waals surface area contributed by atoms with Crippen LogP contribution in [0.2, 0.25) is 0 Å². The monoisotopic (exact) mass is 243 g/mol. The molecule has 0 fully saturated rings. The van der Waals surface area contributed by atoms with Gasteiger partial charge < -0.3 is 9.67 Å². The van der Waals surface area contributed by atoms with E-state index < -0.39 is 11.5 Å². The zero-order valence-corrected chi connectivity index (χ0v) is 9.96. The number of pyridine rings is 1. The van der Waals surface area contributed by atoms with Gasteiger partial charge in [-0.05, 0) is 17.7 Å². The van der Waals surface area contributed by atoms with Crippen LogP contribution in [-0.4, -0.2) is 15.6 Å². The first-order valence-corrected chi connectivity index (χ1v) is 5.55. The van der Waals surface area contributed by atoms with Crippen LogP contribution >= 0.6 is 0 Å². The molecule has 0 radical (unpaired) electrons.